The Kier molecular flexibility index (Phi) is 4.95. The fraction of sp³-hybridized carbons (Fsp3) is 0.308. The zero-order chi connectivity index (χ0) is 14.4. The van der Waals surface area contributed by atoms with Crippen LogP contribution in [0.4, 0.5) is 5.69 Å². The number of unbranched alkanes of at least 4 members (excludes halogenated alkanes) is 1. The number of aryl methyl sites for hydroxylation is 1. The third kappa shape index (κ3) is 4.24. The molecule has 0 saturated heterocycles. The van der Waals surface area contributed by atoms with Crippen LogP contribution in [0.2, 0.25) is 5.02 Å². The molecule has 20 heavy (non-hydrogen) atoms. The number of nitrogens with one attached hydrogen (secondary N) is 2. The van der Waals surface area contributed by atoms with Crippen molar-refractivity contribution in [2.45, 2.75) is 25.7 Å². The van der Waals surface area contributed by atoms with Crippen molar-refractivity contribution in [1.29, 1.82) is 0 Å². The van der Waals surface area contributed by atoms with Gasteiger partial charge in [0.1, 0.15) is 5.75 Å². The van der Waals surface area contributed by atoms with Crippen LogP contribution in [-0.2, 0) is 11.2 Å². The van der Waals surface area contributed by atoms with E-state index in [4.69, 9.17) is 11.6 Å². The predicted molar refractivity (Wildman–Crippen MR) is 75.7 cm³/mol. The van der Waals surface area contributed by atoms with Gasteiger partial charge in [-0.3, -0.25) is 4.79 Å². The number of anilines is 1. The Morgan fingerprint density at radius 3 is 2.95 bits per heavy atom. The molecule has 2 aromatic rings. The minimum Gasteiger partial charge on any atom is -0.506 e. The maximum absolute atomic E-state index is 11.7. The number of aromatic hydroxyl groups is 1. The largest absolute Gasteiger partial charge is 0.506 e. The number of hydrogen-bond acceptors (Lipinski definition) is 4. The molecular weight excluding hydrogens is 280 g/mol. The maximum Gasteiger partial charge on any atom is 0.224 e. The van der Waals surface area contributed by atoms with E-state index in [1.165, 1.54) is 6.07 Å². The number of phenolic OH excluding ortho intramolecular Hbond substituents is 1. The van der Waals surface area contributed by atoms with Crippen LogP contribution < -0.4 is 5.32 Å². The van der Waals surface area contributed by atoms with Gasteiger partial charge in [0.05, 0.1) is 17.6 Å². The standard InChI is InChI=1S/C13H15ClN4O2/c14-9-5-6-11(12(19)7-9)16-13(20)4-2-1-3-10-8-15-18-17-10/h5-8,19H,1-4H2,(H,16,20)(H,15,17,18). The van der Waals surface area contributed by atoms with E-state index in [0.29, 0.717) is 17.1 Å². The van der Waals surface area contributed by atoms with E-state index in [0.717, 1.165) is 25.0 Å². The Bertz CT molecular complexity index is 572. The second kappa shape index (κ2) is 6.91. The van der Waals surface area contributed by atoms with Crippen molar-refractivity contribution >= 4 is 23.2 Å². The molecule has 0 fully saturated rings. The maximum atomic E-state index is 11.7. The minimum atomic E-state index is -0.136. The van der Waals surface area contributed by atoms with E-state index in [2.05, 4.69) is 20.7 Å². The number of halogens is 1. The average molecular weight is 295 g/mol. The van der Waals surface area contributed by atoms with Crippen LogP contribution in [0, 0.1) is 0 Å². The van der Waals surface area contributed by atoms with Crippen molar-refractivity contribution in [1.82, 2.24) is 15.4 Å². The number of carbonyl (C=O) groups excluding carboxylic acids is 1. The predicted octanol–water partition coefficient (Wildman–Crippen LogP) is 2.52. The van der Waals surface area contributed by atoms with Gasteiger partial charge in [0.25, 0.3) is 0 Å². The Hall–Kier alpha value is -2.08. The number of aromatic nitrogens is 3. The lowest BCUT2D eigenvalue weighted by atomic mass is 10.1. The first-order chi connectivity index (χ1) is 9.65. The molecule has 106 valence electrons. The van der Waals surface area contributed by atoms with Crippen LogP contribution in [-0.4, -0.2) is 26.4 Å². The van der Waals surface area contributed by atoms with Gasteiger partial charge in [0.15, 0.2) is 0 Å². The van der Waals surface area contributed by atoms with Crippen LogP contribution in [0.3, 0.4) is 0 Å². The monoisotopic (exact) mass is 294 g/mol. The molecule has 1 heterocycles. The van der Waals surface area contributed by atoms with Gasteiger partial charge in [-0.25, -0.2) is 0 Å². The first-order valence-electron chi connectivity index (χ1n) is 6.28. The highest BCUT2D eigenvalue weighted by molar-refractivity contribution is 6.30. The second-order valence-electron chi connectivity index (χ2n) is 4.38. The first-order valence-corrected chi connectivity index (χ1v) is 6.66. The Morgan fingerprint density at radius 1 is 1.40 bits per heavy atom. The third-order valence-electron chi connectivity index (χ3n) is 2.79. The summed E-state index contributed by atoms with van der Waals surface area (Å²) in [6.45, 7) is 0. The molecule has 2 rings (SSSR count). The summed E-state index contributed by atoms with van der Waals surface area (Å²) in [6.07, 6.45) is 4.45. The normalized spacial score (nSPS) is 10.4. The van der Waals surface area contributed by atoms with E-state index in [9.17, 15) is 9.90 Å². The van der Waals surface area contributed by atoms with Crippen LogP contribution in [0.1, 0.15) is 25.0 Å². The fourth-order valence-corrected chi connectivity index (χ4v) is 1.93. The van der Waals surface area contributed by atoms with Gasteiger partial charge in [0.2, 0.25) is 5.91 Å². The van der Waals surface area contributed by atoms with Gasteiger partial charge in [-0.15, -0.1) is 0 Å². The molecule has 6 nitrogen and oxygen atoms in total. The lowest BCUT2D eigenvalue weighted by Crippen LogP contribution is -2.11. The van der Waals surface area contributed by atoms with Gasteiger partial charge in [-0.2, -0.15) is 15.4 Å². The molecule has 1 aromatic heterocycles. The number of carbonyl (C=O) groups is 1. The van der Waals surface area contributed by atoms with Crippen LogP contribution in [0.5, 0.6) is 5.75 Å². The molecule has 0 atom stereocenters. The van der Waals surface area contributed by atoms with Gasteiger partial charge < -0.3 is 10.4 Å². The quantitative estimate of drug-likeness (QED) is 0.564. The Balaban J connectivity index is 1.72. The van der Waals surface area contributed by atoms with Gasteiger partial charge in [-0.05, 0) is 31.4 Å². The smallest absolute Gasteiger partial charge is 0.224 e. The second-order valence-corrected chi connectivity index (χ2v) is 4.81. The number of benzene rings is 1. The van der Waals surface area contributed by atoms with Gasteiger partial charge in [0, 0.05) is 17.5 Å². The molecule has 7 heteroatoms. The zero-order valence-corrected chi connectivity index (χ0v) is 11.5. The van der Waals surface area contributed by atoms with E-state index in [-0.39, 0.29) is 11.7 Å². The van der Waals surface area contributed by atoms with Crippen molar-refractivity contribution < 1.29 is 9.90 Å². The molecule has 0 radical (unpaired) electrons. The number of rotatable bonds is 6. The summed E-state index contributed by atoms with van der Waals surface area (Å²) in [5.41, 5.74) is 1.26. The molecule has 0 spiro atoms. The number of amides is 1. The lowest BCUT2D eigenvalue weighted by Gasteiger charge is -2.07. The minimum absolute atomic E-state index is 0.0338. The van der Waals surface area contributed by atoms with Gasteiger partial charge in [-0.1, -0.05) is 11.6 Å². The fourth-order valence-electron chi connectivity index (χ4n) is 1.76. The van der Waals surface area contributed by atoms with E-state index in [1.807, 2.05) is 0 Å². The van der Waals surface area contributed by atoms with Crippen molar-refractivity contribution in [2.75, 3.05) is 5.32 Å². The zero-order valence-electron chi connectivity index (χ0n) is 10.8. The molecule has 1 amide bonds. The number of H-pyrrole nitrogens is 1. The summed E-state index contributed by atoms with van der Waals surface area (Å²) in [4.78, 5) is 11.7. The summed E-state index contributed by atoms with van der Waals surface area (Å²) in [6, 6.07) is 4.58. The van der Waals surface area contributed by atoms with Crippen LogP contribution >= 0.6 is 11.6 Å². The highest BCUT2D eigenvalue weighted by Gasteiger charge is 2.07. The van der Waals surface area contributed by atoms with Crippen LogP contribution in [0.15, 0.2) is 24.4 Å². The van der Waals surface area contributed by atoms with Crippen LogP contribution in [0.25, 0.3) is 0 Å². The Morgan fingerprint density at radius 2 is 2.25 bits per heavy atom. The van der Waals surface area contributed by atoms with E-state index >= 15 is 0 Å². The topological polar surface area (TPSA) is 90.9 Å². The van der Waals surface area contributed by atoms with E-state index in [1.54, 1.807) is 18.3 Å². The molecular formula is C13H15ClN4O2. The summed E-state index contributed by atoms with van der Waals surface area (Å²) in [5.74, 6) is -0.170. The molecule has 0 unspecified atom stereocenters. The van der Waals surface area contributed by atoms with Crippen molar-refractivity contribution in [3.8, 4) is 5.75 Å². The molecule has 0 aliphatic rings. The molecule has 3 N–H and O–H groups in total. The number of nitrogens with zero attached hydrogens (tertiary/aromatic N) is 2. The molecule has 0 aliphatic heterocycles. The number of aromatic amines is 1. The number of phenols is 1. The van der Waals surface area contributed by atoms with Gasteiger partial charge >= 0.3 is 0 Å². The summed E-state index contributed by atoms with van der Waals surface area (Å²) < 4.78 is 0. The lowest BCUT2D eigenvalue weighted by molar-refractivity contribution is -0.116. The molecule has 1 aromatic carbocycles. The summed E-state index contributed by atoms with van der Waals surface area (Å²) >= 11 is 5.72. The highest BCUT2D eigenvalue weighted by Crippen LogP contribution is 2.26. The molecule has 0 saturated carbocycles. The van der Waals surface area contributed by atoms with E-state index < -0.39 is 0 Å². The third-order valence-corrected chi connectivity index (χ3v) is 3.02. The summed E-state index contributed by atoms with van der Waals surface area (Å²) in [7, 11) is 0. The first kappa shape index (κ1) is 14.3. The highest BCUT2D eigenvalue weighted by atomic mass is 35.5. The van der Waals surface area contributed by atoms with Crippen molar-refractivity contribution in [3.05, 3.63) is 35.1 Å². The Labute approximate surface area is 121 Å². The average Bonchev–Trinajstić information content (AvgIpc) is 2.91. The van der Waals surface area contributed by atoms with Crippen molar-refractivity contribution in [2.24, 2.45) is 0 Å². The summed E-state index contributed by atoms with van der Waals surface area (Å²) in [5, 5.41) is 22.9. The van der Waals surface area contributed by atoms with Crippen molar-refractivity contribution in [3.63, 3.8) is 0 Å². The molecule has 0 bridgehead atoms. The SMILES string of the molecule is O=C(CCCCc1cn[nH]n1)Nc1ccc(Cl)cc1O. The number of hydrogen-bond donors (Lipinski definition) is 3. The molecule has 0 aliphatic carbocycles.